The number of ketones is 1. The third-order valence-electron chi connectivity index (χ3n) is 2.34. The van der Waals surface area contributed by atoms with Crippen molar-refractivity contribution < 1.29 is 32.2 Å². The number of esters is 1. The highest BCUT2D eigenvalue weighted by molar-refractivity contribution is 9.09. The van der Waals surface area contributed by atoms with Crippen molar-refractivity contribution in [3.05, 3.63) is 29.3 Å². The molecule has 8 heteroatoms. The second kappa shape index (κ2) is 7.44. The summed E-state index contributed by atoms with van der Waals surface area (Å²) >= 11 is 3.03. The predicted molar refractivity (Wildman–Crippen MR) is 71.8 cm³/mol. The molecule has 1 aromatic rings. The Hall–Kier alpha value is -1.57. The van der Waals surface area contributed by atoms with Crippen molar-refractivity contribution in [3.63, 3.8) is 0 Å². The Morgan fingerprint density at radius 2 is 1.95 bits per heavy atom. The highest BCUT2D eigenvalue weighted by atomic mass is 79.9. The number of carbonyl (C=O) groups excluding carboxylic acids is 2. The third kappa shape index (κ3) is 5.37. The zero-order chi connectivity index (χ0) is 16.0. The average Bonchev–Trinajstić information content (AvgIpc) is 2.37. The summed E-state index contributed by atoms with van der Waals surface area (Å²) in [4.78, 5) is 23.4. The van der Waals surface area contributed by atoms with Gasteiger partial charge >= 0.3 is 12.3 Å². The van der Waals surface area contributed by atoms with Crippen LogP contribution < -0.4 is 4.74 Å². The fraction of sp³-hybridized carbons (Fsp3) is 0.385. The lowest BCUT2D eigenvalue weighted by molar-refractivity contribution is -0.274. The number of hydrogen-bond donors (Lipinski definition) is 0. The van der Waals surface area contributed by atoms with Crippen LogP contribution in [0, 0.1) is 0 Å². The van der Waals surface area contributed by atoms with Gasteiger partial charge < -0.3 is 9.47 Å². The monoisotopic (exact) mass is 368 g/mol. The molecule has 0 saturated carbocycles. The van der Waals surface area contributed by atoms with Crippen LogP contribution in [0.3, 0.4) is 0 Å². The molecule has 0 fully saturated rings. The number of alkyl halides is 4. The molecule has 0 aliphatic rings. The van der Waals surface area contributed by atoms with E-state index in [0.717, 1.165) is 18.2 Å². The fourth-order valence-corrected chi connectivity index (χ4v) is 1.88. The van der Waals surface area contributed by atoms with Gasteiger partial charge in [-0.3, -0.25) is 4.79 Å². The number of carbonyl (C=O) groups is 2. The van der Waals surface area contributed by atoms with Crippen LogP contribution in [-0.2, 0) is 4.74 Å². The predicted octanol–water partition coefficient (Wildman–Crippen LogP) is 3.73. The topological polar surface area (TPSA) is 52.6 Å². The van der Waals surface area contributed by atoms with Crippen molar-refractivity contribution >= 4 is 27.7 Å². The van der Waals surface area contributed by atoms with Gasteiger partial charge in [-0.2, -0.15) is 0 Å². The molecule has 0 radical (unpaired) electrons. The highest BCUT2D eigenvalue weighted by Gasteiger charge is 2.33. The van der Waals surface area contributed by atoms with E-state index in [4.69, 9.17) is 4.74 Å². The van der Waals surface area contributed by atoms with E-state index in [1.807, 2.05) is 0 Å². The van der Waals surface area contributed by atoms with E-state index < -0.39 is 23.9 Å². The van der Waals surface area contributed by atoms with Crippen LogP contribution in [0.25, 0.3) is 0 Å². The second-order valence-corrected chi connectivity index (χ2v) is 4.63. The second-order valence-electron chi connectivity index (χ2n) is 3.84. The molecule has 0 unspecified atom stereocenters. The lowest BCUT2D eigenvalue weighted by atomic mass is 10.0. The molecule has 0 spiro atoms. The first-order valence-corrected chi connectivity index (χ1v) is 7.06. The number of ether oxygens (including phenoxy) is 2. The molecule has 0 aromatic heterocycles. The van der Waals surface area contributed by atoms with E-state index in [9.17, 15) is 22.8 Å². The third-order valence-corrected chi connectivity index (χ3v) is 2.73. The van der Waals surface area contributed by atoms with Gasteiger partial charge in [-0.1, -0.05) is 15.9 Å². The summed E-state index contributed by atoms with van der Waals surface area (Å²) in [6.07, 6.45) is -4.95. The standard InChI is InChI=1S/C13H12BrF3O4/c1-2-20-12(19)8-3-4-11(21-13(15,16)17)9(7-8)10(18)5-6-14/h3-4,7H,2,5-6H2,1H3. The molecular weight excluding hydrogens is 357 g/mol. The van der Waals surface area contributed by atoms with E-state index in [1.54, 1.807) is 6.92 Å². The van der Waals surface area contributed by atoms with E-state index in [2.05, 4.69) is 20.7 Å². The normalized spacial score (nSPS) is 11.1. The van der Waals surface area contributed by atoms with Crippen molar-refractivity contribution in [1.29, 1.82) is 0 Å². The quantitative estimate of drug-likeness (QED) is 0.436. The van der Waals surface area contributed by atoms with Crippen molar-refractivity contribution in [2.45, 2.75) is 19.7 Å². The molecule has 4 nitrogen and oxygen atoms in total. The van der Waals surface area contributed by atoms with Gasteiger partial charge in [-0.15, -0.1) is 13.2 Å². The van der Waals surface area contributed by atoms with E-state index in [1.165, 1.54) is 0 Å². The molecule has 1 rings (SSSR count). The Bertz CT molecular complexity index is 529. The van der Waals surface area contributed by atoms with Gasteiger partial charge in [0.2, 0.25) is 0 Å². The number of hydrogen-bond acceptors (Lipinski definition) is 4. The first kappa shape index (κ1) is 17.5. The summed E-state index contributed by atoms with van der Waals surface area (Å²) < 4.78 is 45.5. The Labute approximate surface area is 127 Å². The zero-order valence-corrected chi connectivity index (χ0v) is 12.6. The smallest absolute Gasteiger partial charge is 0.462 e. The van der Waals surface area contributed by atoms with Crippen LogP contribution in [0.4, 0.5) is 13.2 Å². The fourth-order valence-electron chi connectivity index (χ4n) is 1.52. The molecule has 0 N–H and O–H groups in total. The summed E-state index contributed by atoms with van der Waals surface area (Å²) in [6, 6.07) is 3.09. The maximum Gasteiger partial charge on any atom is 0.573 e. The summed E-state index contributed by atoms with van der Waals surface area (Å²) in [7, 11) is 0. The molecule has 0 aliphatic carbocycles. The van der Waals surface area contributed by atoms with Gasteiger partial charge in [0.05, 0.1) is 17.7 Å². The molecule has 0 amide bonds. The van der Waals surface area contributed by atoms with Gasteiger partial charge in [-0.05, 0) is 25.1 Å². The summed E-state index contributed by atoms with van der Waals surface area (Å²) in [5, 5.41) is 0.279. The van der Waals surface area contributed by atoms with Crippen LogP contribution in [0.2, 0.25) is 0 Å². The number of halogens is 4. The number of Topliss-reactive ketones (excluding diaryl/α,β-unsaturated/α-hetero) is 1. The zero-order valence-electron chi connectivity index (χ0n) is 11.0. The number of benzene rings is 1. The van der Waals surface area contributed by atoms with E-state index in [-0.39, 0.29) is 29.5 Å². The minimum absolute atomic E-state index is 0.00991. The first-order valence-electron chi connectivity index (χ1n) is 5.94. The molecule has 0 bridgehead atoms. The molecular formula is C13H12BrF3O4. The van der Waals surface area contributed by atoms with Gasteiger partial charge in [0.25, 0.3) is 0 Å². The van der Waals surface area contributed by atoms with E-state index in [0.29, 0.717) is 0 Å². The Morgan fingerprint density at radius 3 is 2.48 bits per heavy atom. The van der Waals surface area contributed by atoms with Gasteiger partial charge in [-0.25, -0.2) is 4.79 Å². The Balaban J connectivity index is 3.19. The van der Waals surface area contributed by atoms with Crippen LogP contribution in [0.15, 0.2) is 18.2 Å². The van der Waals surface area contributed by atoms with Gasteiger partial charge in [0.1, 0.15) is 5.75 Å². The lowest BCUT2D eigenvalue weighted by Gasteiger charge is -2.13. The van der Waals surface area contributed by atoms with Crippen molar-refractivity contribution in [1.82, 2.24) is 0 Å². The van der Waals surface area contributed by atoms with Crippen molar-refractivity contribution in [2.75, 3.05) is 11.9 Å². The lowest BCUT2D eigenvalue weighted by Crippen LogP contribution is -2.19. The summed E-state index contributed by atoms with van der Waals surface area (Å²) in [5.74, 6) is -1.93. The van der Waals surface area contributed by atoms with Crippen LogP contribution >= 0.6 is 15.9 Å². The largest absolute Gasteiger partial charge is 0.573 e. The van der Waals surface area contributed by atoms with Gasteiger partial charge in [0, 0.05) is 11.8 Å². The van der Waals surface area contributed by atoms with Crippen molar-refractivity contribution in [2.24, 2.45) is 0 Å². The highest BCUT2D eigenvalue weighted by Crippen LogP contribution is 2.28. The minimum atomic E-state index is -4.92. The summed E-state index contributed by atoms with van der Waals surface area (Å²) in [5.41, 5.74) is -0.318. The molecule has 0 aliphatic heterocycles. The van der Waals surface area contributed by atoms with Crippen LogP contribution in [0.5, 0.6) is 5.75 Å². The SMILES string of the molecule is CCOC(=O)c1ccc(OC(F)(F)F)c(C(=O)CCBr)c1. The maximum absolute atomic E-state index is 12.3. The first-order chi connectivity index (χ1) is 9.78. The van der Waals surface area contributed by atoms with Gasteiger partial charge in [0.15, 0.2) is 5.78 Å². The Kier molecular flexibility index (Phi) is 6.19. The van der Waals surface area contributed by atoms with Crippen LogP contribution in [0.1, 0.15) is 34.1 Å². The maximum atomic E-state index is 12.3. The number of rotatable bonds is 6. The summed E-state index contributed by atoms with van der Waals surface area (Å²) in [6.45, 7) is 1.71. The molecule has 0 heterocycles. The van der Waals surface area contributed by atoms with Crippen LogP contribution in [-0.4, -0.2) is 30.1 Å². The Morgan fingerprint density at radius 1 is 1.29 bits per heavy atom. The van der Waals surface area contributed by atoms with Crippen molar-refractivity contribution in [3.8, 4) is 5.75 Å². The minimum Gasteiger partial charge on any atom is -0.462 e. The molecule has 21 heavy (non-hydrogen) atoms. The van der Waals surface area contributed by atoms with E-state index >= 15 is 0 Å². The molecule has 0 saturated heterocycles. The molecule has 116 valence electrons. The molecule has 0 atom stereocenters. The molecule has 1 aromatic carbocycles. The average molecular weight is 369 g/mol.